The van der Waals surface area contributed by atoms with E-state index in [1.165, 1.54) is 55.3 Å². The summed E-state index contributed by atoms with van der Waals surface area (Å²) in [5, 5.41) is 5.70. The van der Waals surface area contributed by atoms with E-state index in [1.54, 1.807) is 0 Å². The first kappa shape index (κ1) is 33.1. The van der Waals surface area contributed by atoms with Crippen LogP contribution in [0, 0.1) is 27.7 Å². The van der Waals surface area contributed by atoms with Gasteiger partial charge in [-0.3, -0.25) is 8.97 Å². The molecule has 0 bridgehead atoms. The lowest BCUT2D eigenvalue weighted by Gasteiger charge is -2.22. The van der Waals surface area contributed by atoms with Crippen molar-refractivity contribution >= 4 is 60.2 Å². The third-order valence-corrected chi connectivity index (χ3v) is 11.7. The van der Waals surface area contributed by atoms with Crippen molar-refractivity contribution in [3.05, 3.63) is 180 Å². The highest BCUT2D eigenvalue weighted by Crippen LogP contribution is 2.47. The first-order valence-electron chi connectivity index (χ1n) is 19.5. The molecule has 4 heterocycles. The van der Waals surface area contributed by atoms with Crippen molar-refractivity contribution in [3.63, 3.8) is 0 Å². The molecule has 57 heavy (non-hydrogen) atoms. The Morgan fingerprint density at radius 1 is 0.456 bits per heavy atom. The molecule has 0 amide bonds. The SMILES string of the molecule is Cc1cccc(C)c1-c1ccc2c(c1-c1c(C)cccc1C)c1ccc(Oc3ccc4c5ccccc5n(-c5ccccn5)c4c3)cc1c1nc3ccccc3n21. The van der Waals surface area contributed by atoms with Gasteiger partial charge in [-0.1, -0.05) is 78.9 Å². The van der Waals surface area contributed by atoms with Gasteiger partial charge in [0.2, 0.25) is 0 Å². The maximum Gasteiger partial charge on any atom is 0.146 e. The van der Waals surface area contributed by atoms with Gasteiger partial charge in [0.25, 0.3) is 0 Å². The van der Waals surface area contributed by atoms with E-state index in [1.807, 2.05) is 24.4 Å². The number of rotatable bonds is 5. The van der Waals surface area contributed by atoms with E-state index in [0.717, 1.165) is 66.7 Å². The molecule has 0 unspecified atom stereocenters. The van der Waals surface area contributed by atoms with Crippen molar-refractivity contribution in [2.45, 2.75) is 27.7 Å². The number of ether oxygens (including phenoxy) is 1. The lowest BCUT2D eigenvalue weighted by atomic mass is 9.83. The molecule has 0 atom stereocenters. The van der Waals surface area contributed by atoms with Gasteiger partial charge in [-0.2, -0.15) is 0 Å². The molecular formula is C52H38N4O. The van der Waals surface area contributed by atoms with Crippen molar-refractivity contribution in [1.82, 2.24) is 18.9 Å². The van der Waals surface area contributed by atoms with E-state index in [9.17, 15) is 0 Å². The molecule has 5 nitrogen and oxygen atoms in total. The Morgan fingerprint density at radius 3 is 1.86 bits per heavy atom. The molecule has 0 saturated carbocycles. The number of hydrogen-bond acceptors (Lipinski definition) is 3. The molecule has 0 N–H and O–H groups in total. The van der Waals surface area contributed by atoms with Crippen molar-refractivity contribution in [2.75, 3.05) is 0 Å². The van der Waals surface area contributed by atoms with Crippen LogP contribution in [-0.2, 0) is 0 Å². The predicted octanol–water partition coefficient (Wildman–Crippen LogP) is 13.6. The summed E-state index contributed by atoms with van der Waals surface area (Å²) in [5.41, 5.74) is 16.2. The van der Waals surface area contributed by atoms with Crippen molar-refractivity contribution in [1.29, 1.82) is 0 Å². The zero-order chi connectivity index (χ0) is 38.4. The number of aryl methyl sites for hydroxylation is 4. The number of imidazole rings is 1. The van der Waals surface area contributed by atoms with Crippen LogP contribution < -0.4 is 4.74 Å². The Labute approximate surface area is 330 Å². The van der Waals surface area contributed by atoms with E-state index in [4.69, 9.17) is 14.7 Å². The van der Waals surface area contributed by atoms with Crippen LogP contribution >= 0.6 is 0 Å². The number of hydrogen-bond donors (Lipinski definition) is 0. The van der Waals surface area contributed by atoms with Crippen molar-refractivity contribution in [3.8, 4) is 39.6 Å². The Hall–Kier alpha value is -7.24. The van der Waals surface area contributed by atoms with Gasteiger partial charge < -0.3 is 4.74 Å². The average molecular weight is 735 g/mol. The zero-order valence-electron chi connectivity index (χ0n) is 32.2. The molecule has 11 rings (SSSR count). The summed E-state index contributed by atoms with van der Waals surface area (Å²) in [5.74, 6) is 2.36. The maximum atomic E-state index is 6.82. The van der Waals surface area contributed by atoms with Crippen LogP contribution in [-0.4, -0.2) is 18.9 Å². The van der Waals surface area contributed by atoms with Gasteiger partial charge in [0, 0.05) is 39.4 Å². The van der Waals surface area contributed by atoms with Gasteiger partial charge in [0.1, 0.15) is 23.0 Å². The van der Waals surface area contributed by atoms with E-state index in [2.05, 4.69) is 170 Å². The number of nitrogens with zero attached hydrogens (tertiary/aromatic N) is 4. The van der Waals surface area contributed by atoms with Gasteiger partial charge in [-0.15, -0.1) is 0 Å². The van der Waals surface area contributed by atoms with Crippen LogP contribution in [0.1, 0.15) is 22.3 Å². The Balaban J connectivity index is 1.20. The molecule has 4 aromatic heterocycles. The molecule has 0 saturated heterocycles. The van der Waals surface area contributed by atoms with Crippen LogP contribution in [0.3, 0.4) is 0 Å². The fourth-order valence-corrected chi connectivity index (χ4v) is 9.29. The molecule has 0 radical (unpaired) electrons. The Kier molecular flexibility index (Phi) is 7.35. The fourth-order valence-electron chi connectivity index (χ4n) is 9.29. The van der Waals surface area contributed by atoms with Gasteiger partial charge in [-0.05, 0) is 139 Å². The number of aromatic nitrogens is 4. The van der Waals surface area contributed by atoms with Gasteiger partial charge in [0.15, 0.2) is 0 Å². The van der Waals surface area contributed by atoms with Crippen LogP contribution in [0.25, 0.3) is 88.2 Å². The van der Waals surface area contributed by atoms with E-state index in [0.29, 0.717) is 0 Å². The molecule has 0 aliphatic carbocycles. The van der Waals surface area contributed by atoms with Gasteiger partial charge >= 0.3 is 0 Å². The van der Waals surface area contributed by atoms with Crippen LogP contribution in [0.5, 0.6) is 11.5 Å². The second-order valence-electron chi connectivity index (χ2n) is 15.2. The molecule has 11 aromatic rings. The topological polar surface area (TPSA) is 44.3 Å². The average Bonchev–Trinajstić information content (AvgIpc) is 3.78. The molecule has 7 aromatic carbocycles. The van der Waals surface area contributed by atoms with Crippen LogP contribution in [0.4, 0.5) is 0 Å². The number of fused-ring (bicyclic) bond motifs is 11. The van der Waals surface area contributed by atoms with E-state index in [-0.39, 0.29) is 0 Å². The zero-order valence-corrected chi connectivity index (χ0v) is 32.2. The highest BCUT2D eigenvalue weighted by Gasteiger charge is 2.23. The second-order valence-corrected chi connectivity index (χ2v) is 15.2. The minimum atomic E-state index is 0.746. The molecule has 272 valence electrons. The fraction of sp³-hybridized carbons (Fsp3) is 0.0769. The first-order chi connectivity index (χ1) is 27.9. The summed E-state index contributed by atoms with van der Waals surface area (Å²) in [6.07, 6.45) is 1.84. The third-order valence-electron chi connectivity index (χ3n) is 11.7. The number of benzene rings is 7. The predicted molar refractivity (Wildman–Crippen MR) is 236 cm³/mol. The van der Waals surface area contributed by atoms with Crippen LogP contribution in [0.2, 0.25) is 0 Å². The largest absolute Gasteiger partial charge is 0.457 e. The summed E-state index contributed by atoms with van der Waals surface area (Å²) in [6, 6.07) is 53.7. The van der Waals surface area contributed by atoms with Gasteiger partial charge in [0.05, 0.1) is 27.6 Å². The molecule has 0 aliphatic rings. The smallest absolute Gasteiger partial charge is 0.146 e. The van der Waals surface area contributed by atoms with Crippen molar-refractivity contribution < 1.29 is 4.74 Å². The summed E-state index contributed by atoms with van der Waals surface area (Å²) in [6.45, 7) is 8.92. The summed E-state index contributed by atoms with van der Waals surface area (Å²) in [4.78, 5) is 10.0. The minimum Gasteiger partial charge on any atom is -0.457 e. The molecule has 0 fully saturated rings. The lowest BCUT2D eigenvalue weighted by molar-refractivity contribution is 0.484. The monoisotopic (exact) mass is 734 g/mol. The van der Waals surface area contributed by atoms with Crippen molar-refractivity contribution in [2.24, 2.45) is 0 Å². The first-order valence-corrected chi connectivity index (χ1v) is 19.5. The maximum absolute atomic E-state index is 6.82. The molecule has 0 aliphatic heterocycles. The highest BCUT2D eigenvalue weighted by atomic mass is 16.5. The molecule has 0 spiro atoms. The van der Waals surface area contributed by atoms with E-state index >= 15 is 0 Å². The molecule has 5 heteroatoms. The third kappa shape index (κ3) is 5.02. The number of para-hydroxylation sites is 3. The van der Waals surface area contributed by atoms with Gasteiger partial charge in [-0.25, -0.2) is 9.97 Å². The quantitative estimate of drug-likeness (QED) is 0.165. The lowest BCUT2D eigenvalue weighted by Crippen LogP contribution is -2.00. The summed E-state index contributed by atoms with van der Waals surface area (Å²) < 4.78 is 11.4. The van der Waals surface area contributed by atoms with Crippen LogP contribution in [0.15, 0.2) is 158 Å². The number of pyridine rings is 2. The summed E-state index contributed by atoms with van der Waals surface area (Å²) >= 11 is 0. The second kappa shape index (κ2) is 12.7. The Morgan fingerprint density at radius 2 is 1.11 bits per heavy atom. The standard InChI is InChI=1S/C52H38N4O/c1-31-13-11-14-32(2)48(31)40-26-27-45-50(51(40)49-33(3)15-12-16-34(49)4)39-25-23-35(29-41(39)52-54-42-18-6-8-20-44(42)56(45)52)57-36-22-24-38-37-17-5-7-19-43(37)55(46(38)30-36)47-21-9-10-28-53-47/h5-30H,1-4H3. The van der Waals surface area contributed by atoms with E-state index < -0.39 is 0 Å². The normalized spacial score (nSPS) is 11.9. The summed E-state index contributed by atoms with van der Waals surface area (Å²) in [7, 11) is 0. The Bertz CT molecular complexity index is 3390. The highest BCUT2D eigenvalue weighted by molar-refractivity contribution is 6.21. The molecular weight excluding hydrogens is 697 g/mol. The minimum absolute atomic E-state index is 0.746.